The number of hydrogen-bond acceptors (Lipinski definition) is 5. The molecule has 3 N–H and O–H groups in total. The van der Waals surface area contributed by atoms with Crippen LogP contribution >= 0.6 is 0 Å². The molecular weight excluding hydrogens is 292 g/mol. The molecule has 0 amide bonds. The van der Waals surface area contributed by atoms with Crippen molar-refractivity contribution in [2.45, 2.75) is 25.4 Å². The lowest BCUT2D eigenvalue weighted by molar-refractivity contribution is 0.0126. The van der Waals surface area contributed by atoms with Crippen molar-refractivity contribution in [2.75, 3.05) is 31.2 Å². The molecule has 1 aromatic carbocycles. The summed E-state index contributed by atoms with van der Waals surface area (Å²) in [5, 5.41) is 9.85. The highest BCUT2D eigenvalue weighted by Gasteiger charge is 2.32. The molecule has 21 heavy (non-hydrogen) atoms. The molecule has 7 heteroatoms. The maximum Gasteiger partial charge on any atom is 0.217 e. The number of piperidine rings is 1. The minimum absolute atomic E-state index is 0.0699. The van der Waals surface area contributed by atoms with E-state index in [2.05, 4.69) is 0 Å². The first-order valence-electron chi connectivity index (χ1n) is 6.97. The lowest BCUT2D eigenvalue weighted by atomic mass is 9.95. The number of rotatable bonds is 5. The average molecular weight is 314 g/mol. The Hall–Kier alpha value is -1.31. The number of nitrogens with zero attached hydrogens (tertiary/aromatic N) is 1. The molecule has 0 unspecified atom stereocenters. The van der Waals surface area contributed by atoms with E-state index >= 15 is 0 Å². The topological polar surface area (TPSA) is 92.9 Å². The normalized spacial score (nSPS) is 19.3. The molecule has 0 spiro atoms. The Morgan fingerprint density at radius 2 is 1.86 bits per heavy atom. The molecule has 0 aliphatic carbocycles. The van der Waals surface area contributed by atoms with E-state index in [0.717, 1.165) is 0 Å². The van der Waals surface area contributed by atoms with E-state index in [1.165, 1.54) is 4.31 Å². The van der Waals surface area contributed by atoms with Crippen molar-refractivity contribution in [1.29, 1.82) is 0 Å². The van der Waals surface area contributed by atoms with Gasteiger partial charge in [0, 0.05) is 18.8 Å². The maximum absolute atomic E-state index is 12.2. The van der Waals surface area contributed by atoms with Crippen LogP contribution in [0.2, 0.25) is 0 Å². The predicted molar refractivity (Wildman–Crippen MR) is 81.6 cm³/mol. The van der Waals surface area contributed by atoms with Gasteiger partial charge in [-0.3, -0.25) is 0 Å². The third-order valence-electron chi connectivity index (χ3n) is 3.68. The number of ether oxygens (including phenoxy) is 1. The Labute approximate surface area is 125 Å². The Bertz CT molecular complexity index is 559. The van der Waals surface area contributed by atoms with E-state index in [1.54, 1.807) is 31.2 Å². The Morgan fingerprint density at radius 3 is 2.43 bits per heavy atom. The van der Waals surface area contributed by atoms with E-state index < -0.39 is 15.6 Å². The number of sulfonamides is 1. The summed E-state index contributed by atoms with van der Waals surface area (Å²) >= 11 is 0. The minimum atomic E-state index is -3.34. The fourth-order valence-corrected chi connectivity index (χ4v) is 3.50. The number of benzene rings is 1. The van der Waals surface area contributed by atoms with Gasteiger partial charge in [0.15, 0.2) is 0 Å². The van der Waals surface area contributed by atoms with E-state index in [9.17, 15) is 13.5 Å². The van der Waals surface area contributed by atoms with Crippen molar-refractivity contribution >= 4 is 15.7 Å². The van der Waals surface area contributed by atoms with Gasteiger partial charge in [-0.2, -0.15) is 0 Å². The van der Waals surface area contributed by atoms with Crippen LogP contribution in [0.3, 0.4) is 0 Å². The zero-order valence-electron chi connectivity index (χ0n) is 12.2. The van der Waals surface area contributed by atoms with Gasteiger partial charge < -0.3 is 15.6 Å². The third-order valence-corrected chi connectivity index (χ3v) is 5.52. The van der Waals surface area contributed by atoms with Crippen molar-refractivity contribution in [1.82, 2.24) is 4.31 Å². The summed E-state index contributed by atoms with van der Waals surface area (Å²) < 4.78 is 31.2. The molecule has 1 fully saturated rings. The smallest absolute Gasteiger partial charge is 0.217 e. The standard InChI is InChI=1S/C14H22N2O4S/c1-14(17)6-8-16(9-7-14)21(18,19)11-10-20-13-4-2-12(15)3-5-13/h2-5,17H,6-11,15H2,1H3. The molecule has 1 aliphatic rings. The fraction of sp³-hybridized carbons (Fsp3) is 0.571. The van der Waals surface area contributed by atoms with Crippen molar-refractivity contribution in [3.63, 3.8) is 0 Å². The van der Waals surface area contributed by atoms with Crippen LogP contribution in [-0.4, -0.2) is 48.9 Å². The third kappa shape index (κ3) is 4.59. The monoisotopic (exact) mass is 314 g/mol. The molecule has 0 saturated carbocycles. The first-order chi connectivity index (χ1) is 9.78. The number of nitrogen functional groups attached to an aromatic ring is 1. The lowest BCUT2D eigenvalue weighted by Gasteiger charge is -2.34. The van der Waals surface area contributed by atoms with Gasteiger partial charge in [0.1, 0.15) is 12.4 Å². The van der Waals surface area contributed by atoms with Crippen LogP contribution in [-0.2, 0) is 10.0 Å². The van der Waals surface area contributed by atoms with Gasteiger partial charge in [-0.15, -0.1) is 0 Å². The molecule has 1 aromatic rings. The van der Waals surface area contributed by atoms with Crippen molar-refractivity contribution in [3.05, 3.63) is 24.3 Å². The second-order valence-electron chi connectivity index (χ2n) is 5.63. The molecule has 1 saturated heterocycles. The molecular formula is C14H22N2O4S. The minimum Gasteiger partial charge on any atom is -0.492 e. The van der Waals surface area contributed by atoms with Crippen LogP contribution < -0.4 is 10.5 Å². The summed E-state index contributed by atoms with van der Waals surface area (Å²) in [7, 11) is -3.34. The summed E-state index contributed by atoms with van der Waals surface area (Å²) in [4.78, 5) is 0. The van der Waals surface area contributed by atoms with Crippen LogP contribution in [0.15, 0.2) is 24.3 Å². The summed E-state index contributed by atoms with van der Waals surface area (Å²) in [6.45, 7) is 2.55. The summed E-state index contributed by atoms with van der Waals surface area (Å²) in [5.41, 5.74) is 5.44. The van der Waals surface area contributed by atoms with E-state index in [-0.39, 0.29) is 12.4 Å². The van der Waals surface area contributed by atoms with Crippen molar-refractivity contribution in [3.8, 4) is 5.75 Å². The highest BCUT2D eigenvalue weighted by molar-refractivity contribution is 7.89. The predicted octanol–water partition coefficient (Wildman–Crippen LogP) is 0.824. The molecule has 6 nitrogen and oxygen atoms in total. The lowest BCUT2D eigenvalue weighted by Crippen LogP contribution is -2.46. The van der Waals surface area contributed by atoms with Crippen LogP contribution in [0.5, 0.6) is 5.75 Å². The molecule has 0 bridgehead atoms. The number of anilines is 1. The first-order valence-corrected chi connectivity index (χ1v) is 8.58. The number of nitrogens with two attached hydrogens (primary N) is 1. The van der Waals surface area contributed by atoms with E-state index in [1.807, 2.05) is 0 Å². The van der Waals surface area contributed by atoms with Crippen LogP contribution in [0.4, 0.5) is 5.69 Å². The van der Waals surface area contributed by atoms with Crippen molar-refractivity contribution < 1.29 is 18.3 Å². The fourth-order valence-electron chi connectivity index (χ4n) is 2.20. The van der Waals surface area contributed by atoms with Gasteiger partial charge in [-0.05, 0) is 44.0 Å². The van der Waals surface area contributed by atoms with Gasteiger partial charge >= 0.3 is 0 Å². The molecule has 0 aromatic heterocycles. The van der Waals surface area contributed by atoms with Gasteiger partial charge in [0.2, 0.25) is 10.0 Å². The molecule has 1 heterocycles. The van der Waals surface area contributed by atoms with Gasteiger partial charge in [0.25, 0.3) is 0 Å². The highest BCUT2D eigenvalue weighted by Crippen LogP contribution is 2.23. The Kier molecular flexibility index (Phi) is 4.75. The van der Waals surface area contributed by atoms with Gasteiger partial charge in [0.05, 0.1) is 11.4 Å². The Balaban J connectivity index is 1.83. The molecule has 0 atom stereocenters. The quantitative estimate of drug-likeness (QED) is 0.785. The molecule has 2 rings (SSSR count). The van der Waals surface area contributed by atoms with Gasteiger partial charge in [-0.25, -0.2) is 12.7 Å². The van der Waals surface area contributed by atoms with Crippen LogP contribution in [0.1, 0.15) is 19.8 Å². The van der Waals surface area contributed by atoms with E-state index in [0.29, 0.717) is 37.4 Å². The van der Waals surface area contributed by atoms with E-state index in [4.69, 9.17) is 10.5 Å². The molecule has 0 radical (unpaired) electrons. The summed E-state index contributed by atoms with van der Waals surface area (Å²) in [5.74, 6) is 0.528. The zero-order chi connectivity index (χ0) is 15.5. The second-order valence-corrected chi connectivity index (χ2v) is 7.72. The second kappa shape index (κ2) is 6.21. The highest BCUT2D eigenvalue weighted by atomic mass is 32.2. The molecule has 1 aliphatic heterocycles. The van der Waals surface area contributed by atoms with Gasteiger partial charge in [-0.1, -0.05) is 0 Å². The molecule has 118 valence electrons. The first kappa shape index (κ1) is 16.1. The summed E-state index contributed by atoms with van der Waals surface area (Å²) in [6, 6.07) is 6.83. The van der Waals surface area contributed by atoms with Crippen LogP contribution in [0, 0.1) is 0 Å². The van der Waals surface area contributed by atoms with Crippen molar-refractivity contribution in [2.24, 2.45) is 0 Å². The largest absolute Gasteiger partial charge is 0.492 e. The Morgan fingerprint density at radius 1 is 1.29 bits per heavy atom. The summed E-state index contributed by atoms with van der Waals surface area (Å²) in [6.07, 6.45) is 0.927. The maximum atomic E-state index is 12.2. The zero-order valence-corrected chi connectivity index (χ0v) is 13.0. The SMILES string of the molecule is CC1(O)CCN(S(=O)(=O)CCOc2ccc(N)cc2)CC1. The van der Waals surface area contributed by atoms with Crippen LogP contribution in [0.25, 0.3) is 0 Å². The average Bonchev–Trinajstić information content (AvgIpc) is 2.40. The number of hydrogen-bond donors (Lipinski definition) is 2. The number of aliphatic hydroxyl groups is 1.